The smallest absolute Gasteiger partial charge is 0.174 e. The van der Waals surface area contributed by atoms with Gasteiger partial charge in [0.25, 0.3) is 0 Å². The lowest BCUT2D eigenvalue weighted by molar-refractivity contribution is 0.0246. The van der Waals surface area contributed by atoms with Crippen LogP contribution in [0.1, 0.15) is 34.6 Å². The van der Waals surface area contributed by atoms with Crippen molar-refractivity contribution in [1.82, 2.24) is 0 Å². The van der Waals surface area contributed by atoms with Crippen molar-refractivity contribution in [1.29, 1.82) is 5.26 Å². The van der Waals surface area contributed by atoms with Crippen molar-refractivity contribution < 1.29 is 23.4 Å². The zero-order valence-corrected chi connectivity index (χ0v) is 17.4. The van der Waals surface area contributed by atoms with E-state index in [-0.39, 0.29) is 58.3 Å². The van der Waals surface area contributed by atoms with E-state index in [2.05, 4.69) is 0 Å². The maximum absolute atomic E-state index is 15.7. The van der Waals surface area contributed by atoms with Crippen LogP contribution in [0.5, 0.6) is 11.5 Å². The number of halogens is 3. The molecule has 0 radical (unpaired) electrons. The molecule has 2 aliphatic heterocycles. The van der Waals surface area contributed by atoms with Crippen molar-refractivity contribution in [2.45, 2.75) is 30.5 Å². The highest BCUT2D eigenvalue weighted by Crippen LogP contribution is 2.57. The molecule has 3 aliphatic rings. The molecule has 2 heterocycles. The fourth-order valence-corrected chi connectivity index (χ4v) is 5.21. The monoisotopic (exact) mass is 451 g/mol. The second-order valence-corrected chi connectivity index (χ2v) is 8.84. The maximum atomic E-state index is 15.7. The van der Waals surface area contributed by atoms with Crippen molar-refractivity contribution in [2.75, 3.05) is 6.61 Å². The average molecular weight is 452 g/mol. The molecule has 3 atom stereocenters. The number of fused-ring (bicyclic) bond motifs is 4. The minimum absolute atomic E-state index is 0.0632. The quantitative estimate of drug-likeness (QED) is 0.592. The van der Waals surface area contributed by atoms with Gasteiger partial charge in [-0.25, -0.2) is 8.78 Å². The average Bonchev–Trinajstić information content (AvgIpc) is 3.34. The lowest BCUT2D eigenvalue weighted by Gasteiger charge is -2.27. The van der Waals surface area contributed by atoms with Gasteiger partial charge in [-0.15, -0.1) is 0 Å². The van der Waals surface area contributed by atoms with Gasteiger partial charge in [0.2, 0.25) is 0 Å². The van der Waals surface area contributed by atoms with Crippen molar-refractivity contribution in [2.24, 2.45) is 0 Å². The molecule has 0 bridgehead atoms. The summed E-state index contributed by atoms with van der Waals surface area (Å²) in [5, 5.41) is 19.8. The minimum atomic E-state index is -1.17. The van der Waals surface area contributed by atoms with Crippen LogP contribution in [0.2, 0.25) is 5.02 Å². The lowest BCUT2D eigenvalue weighted by Crippen LogP contribution is -2.35. The van der Waals surface area contributed by atoms with E-state index in [9.17, 15) is 14.8 Å². The highest BCUT2D eigenvalue weighted by atomic mass is 35.5. The van der Waals surface area contributed by atoms with Crippen LogP contribution in [0.4, 0.5) is 8.78 Å². The SMILES string of the molecule is N#Cc1cc2c(c(F)c1-c1c(Cl)c(F)cc3c1C[C@@](CO)(c1ccccc1)O3)OC1CC21. The van der Waals surface area contributed by atoms with Gasteiger partial charge in [-0.05, 0) is 18.1 Å². The summed E-state index contributed by atoms with van der Waals surface area (Å²) in [7, 11) is 0. The van der Waals surface area contributed by atoms with Gasteiger partial charge < -0.3 is 14.6 Å². The maximum Gasteiger partial charge on any atom is 0.174 e. The summed E-state index contributed by atoms with van der Waals surface area (Å²) >= 11 is 6.37. The normalized spacial score (nSPS) is 24.1. The molecule has 1 fully saturated rings. The van der Waals surface area contributed by atoms with Gasteiger partial charge in [0.05, 0.1) is 23.3 Å². The second kappa shape index (κ2) is 6.68. The molecule has 0 amide bonds. The molecule has 4 nitrogen and oxygen atoms in total. The number of aliphatic hydroxyl groups excluding tert-OH is 1. The van der Waals surface area contributed by atoms with Crippen molar-refractivity contribution in [3.63, 3.8) is 0 Å². The van der Waals surface area contributed by atoms with Crippen LogP contribution in [0.25, 0.3) is 11.1 Å². The highest BCUT2D eigenvalue weighted by Gasteiger charge is 2.50. The fourth-order valence-electron chi connectivity index (χ4n) is 4.94. The van der Waals surface area contributed by atoms with Crippen LogP contribution < -0.4 is 9.47 Å². The van der Waals surface area contributed by atoms with Gasteiger partial charge in [0, 0.05) is 40.7 Å². The summed E-state index contributed by atoms with van der Waals surface area (Å²) < 4.78 is 42.4. The molecule has 1 N–H and O–H groups in total. The van der Waals surface area contributed by atoms with Gasteiger partial charge in [-0.3, -0.25) is 0 Å². The number of benzene rings is 3. The Morgan fingerprint density at radius 1 is 1.19 bits per heavy atom. The van der Waals surface area contributed by atoms with Crippen LogP contribution in [0.3, 0.4) is 0 Å². The van der Waals surface area contributed by atoms with Crippen molar-refractivity contribution >= 4 is 11.6 Å². The number of nitrogens with zero attached hydrogens (tertiary/aromatic N) is 1. The van der Waals surface area contributed by atoms with Gasteiger partial charge in [-0.2, -0.15) is 5.26 Å². The number of hydrogen-bond donors (Lipinski definition) is 1. The predicted octanol–water partition coefficient (Wildman–Crippen LogP) is 5.23. The molecular weight excluding hydrogens is 436 g/mol. The number of nitriles is 1. The molecular formula is C25H16ClF2NO3. The topological polar surface area (TPSA) is 62.5 Å². The lowest BCUT2D eigenvalue weighted by atomic mass is 9.85. The number of hydrogen-bond acceptors (Lipinski definition) is 4. The van der Waals surface area contributed by atoms with E-state index >= 15 is 4.39 Å². The molecule has 1 aliphatic carbocycles. The Labute approximate surface area is 187 Å². The summed E-state index contributed by atoms with van der Waals surface area (Å²) in [5.74, 6) is -1.16. The van der Waals surface area contributed by atoms with Gasteiger partial charge in [-0.1, -0.05) is 41.9 Å². The van der Waals surface area contributed by atoms with Gasteiger partial charge in [0.15, 0.2) is 17.2 Å². The first-order valence-electron chi connectivity index (χ1n) is 10.3. The third-order valence-corrected chi connectivity index (χ3v) is 7.00. The van der Waals surface area contributed by atoms with Crippen molar-refractivity contribution in [3.05, 3.63) is 81.4 Å². The molecule has 0 saturated heterocycles. The van der Waals surface area contributed by atoms with Crippen molar-refractivity contribution in [3.8, 4) is 28.7 Å². The first-order valence-corrected chi connectivity index (χ1v) is 10.6. The minimum Gasteiger partial charge on any atom is -0.486 e. The molecule has 0 aromatic heterocycles. The van der Waals surface area contributed by atoms with Gasteiger partial charge >= 0.3 is 0 Å². The third-order valence-electron chi connectivity index (χ3n) is 6.63. The Morgan fingerprint density at radius 3 is 2.69 bits per heavy atom. The zero-order valence-electron chi connectivity index (χ0n) is 16.7. The Hall–Kier alpha value is -3.14. The molecule has 0 spiro atoms. The van der Waals surface area contributed by atoms with E-state index < -0.39 is 17.2 Å². The van der Waals surface area contributed by atoms with Gasteiger partial charge in [0.1, 0.15) is 17.7 Å². The summed E-state index contributed by atoms with van der Waals surface area (Å²) in [6.07, 6.45) is 0.862. The zero-order chi connectivity index (χ0) is 22.2. The first kappa shape index (κ1) is 19.5. The molecule has 160 valence electrons. The van der Waals surface area contributed by atoms with Crippen LogP contribution in [0, 0.1) is 23.0 Å². The molecule has 6 rings (SSSR count). The third kappa shape index (κ3) is 2.55. The van der Waals surface area contributed by atoms with E-state index in [1.165, 1.54) is 0 Å². The van der Waals surface area contributed by atoms with E-state index in [4.69, 9.17) is 21.1 Å². The van der Waals surface area contributed by atoms with Crippen LogP contribution in [-0.2, 0) is 12.0 Å². The molecule has 3 aromatic carbocycles. The molecule has 1 saturated carbocycles. The van der Waals surface area contributed by atoms with Crippen LogP contribution >= 0.6 is 11.6 Å². The van der Waals surface area contributed by atoms with Crippen LogP contribution in [0.15, 0.2) is 42.5 Å². The Bertz CT molecular complexity index is 1340. The molecule has 3 aromatic rings. The Kier molecular flexibility index (Phi) is 4.08. The number of rotatable bonds is 3. The summed E-state index contributed by atoms with van der Waals surface area (Å²) in [6.45, 7) is -0.380. The van der Waals surface area contributed by atoms with E-state index in [1.54, 1.807) is 18.2 Å². The first-order chi connectivity index (χ1) is 15.5. The van der Waals surface area contributed by atoms with Crippen LogP contribution in [-0.4, -0.2) is 17.8 Å². The standard InChI is InChI=1S/C25H16ClF2NO3/c26-22-17(27)8-19-16(9-25(11-30,32-19)13-4-2-1-3-5-13)21(22)20-12(10-29)6-15-14-7-18(14)31-24(15)23(20)28/h1-6,8,14,18,30H,7,9,11H2/t14?,18?,25-/m1/s1. The summed E-state index contributed by atoms with van der Waals surface area (Å²) in [4.78, 5) is 0. The predicted molar refractivity (Wildman–Crippen MR) is 113 cm³/mol. The summed E-state index contributed by atoms with van der Waals surface area (Å²) in [6, 6.07) is 13.9. The van der Waals surface area contributed by atoms with E-state index in [1.807, 2.05) is 24.3 Å². The van der Waals surface area contributed by atoms with E-state index in [0.29, 0.717) is 16.7 Å². The molecule has 2 unspecified atom stereocenters. The summed E-state index contributed by atoms with van der Waals surface area (Å²) in [5.41, 5.74) is 0.656. The number of ether oxygens (including phenoxy) is 2. The Morgan fingerprint density at radius 2 is 1.97 bits per heavy atom. The Balaban J connectivity index is 1.59. The number of aliphatic hydroxyl groups is 1. The fraction of sp³-hybridized carbons (Fsp3) is 0.240. The molecule has 7 heteroatoms. The second-order valence-electron chi connectivity index (χ2n) is 8.46. The van der Waals surface area contributed by atoms with E-state index in [0.717, 1.165) is 12.5 Å². The molecule has 32 heavy (non-hydrogen) atoms. The largest absolute Gasteiger partial charge is 0.486 e. The highest BCUT2D eigenvalue weighted by molar-refractivity contribution is 6.34.